The van der Waals surface area contributed by atoms with Crippen molar-refractivity contribution in [2.24, 2.45) is 0 Å². The first-order chi connectivity index (χ1) is 15.4. The van der Waals surface area contributed by atoms with Crippen LogP contribution < -0.4 is 14.7 Å². The maximum atomic E-state index is 13.6. The fourth-order valence-corrected chi connectivity index (χ4v) is 4.00. The first-order valence-corrected chi connectivity index (χ1v) is 11.0. The smallest absolute Gasteiger partial charge is 0.295 e. The van der Waals surface area contributed by atoms with Crippen molar-refractivity contribution in [3.63, 3.8) is 0 Å². The predicted molar refractivity (Wildman–Crippen MR) is 117 cm³/mol. The number of ether oxygens (including phenoxy) is 1. The molecule has 1 fully saturated rings. The van der Waals surface area contributed by atoms with Crippen LogP contribution in [0.5, 0.6) is 5.75 Å². The zero-order valence-corrected chi connectivity index (χ0v) is 18.7. The van der Waals surface area contributed by atoms with Crippen LogP contribution in [0, 0.1) is 5.82 Å². The van der Waals surface area contributed by atoms with Crippen LogP contribution in [0.25, 0.3) is 5.76 Å². The van der Waals surface area contributed by atoms with Crippen LogP contribution in [0.4, 0.5) is 4.39 Å². The zero-order valence-electron chi connectivity index (χ0n) is 18.7. The predicted octanol–water partition coefficient (Wildman–Crippen LogP) is 1.37. The number of benzene rings is 2. The number of rotatable bonds is 9. The maximum absolute atomic E-state index is 13.6. The number of nitrogens with zero attached hydrogens (tertiary/aromatic N) is 1. The fraction of sp³-hybridized carbons (Fsp3) is 0.360. The number of Topliss-reactive ketones (excluding diaryl/α,β-unsaturated/α-hetero) is 1. The number of hydrogen-bond acceptors (Lipinski definition) is 4. The van der Waals surface area contributed by atoms with Gasteiger partial charge in [0, 0.05) is 5.57 Å². The molecule has 6 nitrogen and oxygen atoms in total. The van der Waals surface area contributed by atoms with Gasteiger partial charge in [0.25, 0.3) is 5.91 Å². The van der Waals surface area contributed by atoms with Crippen molar-refractivity contribution in [1.29, 1.82) is 0 Å². The summed E-state index contributed by atoms with van der Waals surface area (Å²) in [5.41, 5.74) is 0.739. The largest absolute Gasteiger partial charge is 0.872 e. The van der Waals surface area contributed by atoms with Crippen molar-refractivity contribution < 1.29 is 28.7 Å². The number of amides is 1. The Morgan fingerprint density at radius 2 is 1.66 bits per heavy atom. The van der Waals surface area contributed by atoms with E-state index >= 15 is 0 Å². The number of carbonyl (C=O) groups excluding carboxylic acids is 2. The van der Waals surface area contributed by atoms with Gasteiger partial charge in [-0.3, -0.25) is 9.59 Å². The van der Waals surface area contributed by atoms with Crippen molar-refractivity contribution in [2.75, 3.05) is 32.8 Å². The average molecular weight is 441 g/mol. The lowest BCUT2D eigenvalue weighted by Crippen LogP contribution is -3.12. The number of ketones is 1. The van der Waals surface area contributed by atoms with Crippen LogP contribution >= 0.6 is 0 Å². The van der Waals surface area contributed by atoms with Crippen LogP contribution in [0.2, 0.25) is 0 Å². The molecule has 170 valence electrons. The van der Waals surface area contributed by atoms with E-state index in [1.807, 2.05) is 6.92 Å². The molecule has 1 saturated heterocycles. The SMILES string of the molecule is CCOc1ccc(C([O-])=C2C(=O)C(=O)N(CC[NH+](CC)CC)C2c2ccc(F)cc2)cc1. The molecular formula is C25H29FN2O4. The third-order valence-corrected chi connectivity index (χ3v) is 5.85. The van der Waals surface area contributed by atoms with E-state index < -0.39 is 29.3 Å². The van der Waals surface area contributed by atoms with Crippen LogP contribution in [0.15, 0.2) is 54.1 Å². The topological polar surface area (TPSA) is 74.1 Å². The molecule has 0 aromatic heterocycles. The summed E-state index contributed by atoms with van der Waals surface area (Å²) in [5.74, 6) is -1.81. The molecule has 1 heterocycles. The van der Waals surface area contributed by atoms with E-state index in [0.717, 1.165) is 13.1 Å². The van der Waals surface area contributed by atoms with Crippen molar-refractivity contribution in [3.05, 3.63) is 71.0 Å². The monoisotopic (exact) mass is 440 g/mol. The molecule has 3 rings (SSSR count). The summed E-state index contributed by atoms with van der Waals surface area (Å²) in [6, 6.07) is 11.2. The minimum Gasteiger partial charge on any atom is -0.872 e. The Morgan fingerprint density at radius 3 is 2.22 bits per heavy atom. The second-order valence-corrected chi connectivity index (χ2v) is 7.69. The molecule has 0 bridgehead atoms. The van der Waals surface area contributed by atoms with Gasteiger partial charge >= 0.3 is 0 Å². The van der Waals surface area contributed by atoms with Gasteiger partial charge in [-0.1, -0.05) is 30.0 Å². The van der Waals surface area contributed by atoms with Gasteiger partial charge in [0.05, 0.1) is 38.8 Å². The Morgan fingerprint density at radius 1 is 1.03 bits per heavy atom. The lowest BCUT2D eigenvalue weighted by molar-refractivity contribution is -0.895. The quantitative estimate of drug-likeness (QED) is 0.363. The Hall–Kier alpha value is -3.19. The van der Waals surface area contributed by atoms with Crippen molar-refractivity contribution in [1.82, 2.24) is 4.90 Å². The molecule has 2 aromatic rings. The van der Waals surface area contributed by atoms with Crippen molar-refractivity contribution in [3.8, 4) is 5.75 Å². The van der Waals surface area contributed by atoms with E-state index in [-0.39, 0.29) is 5.57 Å². The number of quaternary nitrogens is 1. The standard InChI is InChI=1S/C25H29FN2O4/c1-4-27(5-2)15-16-28-22(17-7-11-19(26)12-8-17)21(24(30)25(28)31)23(29)18-9-13-20(14-10-18)32-6-3/h7-14,22,29H,4-6,15-16H2,1-3H3. The first-order valence-electron chi connectivity index (χ1n) is 11.0. The molecule has 7 heteroatoms. The highest BCUT2D eigenvalue weighted by Gasteiger charge is 2.44. The molecule has 2 aromatic carbocycles. The Kier molecular flexibility index (Phi) is 7.64. The summed E-state index contributed by atoms with van der Waals surface area (Å²) in [7, 11) is 0. The van der Waals surface area contributed by atoms with Crippen molar-refractivity contribution in [2.45, 2.75) is 26.8 Å². The second-order valence-electron chi connectivity index (χ2n) is 7.69. The van der Waals surface area contributed by atoms with Gasteiger partial charge in [0.15, 0.2) is 0 Å². The number of likely N-dealkylation sites (N-methyl/N-ethyl adjacent to an activating group) is 1. The van der Waals surface area contributed by atoms with Gasteiger partial charge in [-0.25, -0.2) is 4.39 Å². The Bertz CT molecular complexity index is 982. The molecule has 1 unspecified atom stereocenters. The van der Waals surface area contributed by atoms with Crippen LogP contribution in [-0.2, 0) is 9.59 Å². The van der Waals surface area contributed by atoms with E-state index in [2.05, 4.69) is 13.8 Å². The molecule has 0 spiro atoms. The summed E-state index contributed by atoms with van der Waals surface area (Å²) in [4.78, 5) is 28.6. The fourth-order valence-electron chi connectivity index (χ4n) is 4.00. The van der Waals surface area contributed by atoms with Gasteiger partial charge in [0.2, 0.25) is 5.78 Å². The van der Waals surface area contributed by atoms with Gasteiger partial charge in [0.1, 0.15) is 11.6 Å². The molecule has 0 radical (unpaired) electrons. The number of carbonyl (C=O) groups is 2. The van der Waals surface area contributed by atoms with E-state index in [0.29, 0.717) is 36.6 Å². The summed E-state index contributed by atoms with van der Waals surface area (Å²) in [6.45, 7) is 9.20. The van der Waals surface area contributed by atoms with Crippen LogP contribution in [0.3, 0.4) is 0 Å². The van der Waals surface area contributed by atoms with Gasteiger partial charge in [-0.2, -0.15) is 0 Å². The minimum atomic E-state index is -0.843. The molecule has 1 atom stereocenters. The van der Waals surface area contributed by atoms with E-state index in [1.54, 1.807) is 24.3 Å². The van der Waals surface area contributed by atoms with Gasteiger partial charge in [-0.15, -0.1) is 0 Å². The first kappa shape index (κ1) is 23.5. The molecule has 1 aliphatic heterocycles. The molecule has 0 saturated carbocycles. The number of nitrogens with one attached hydrogen (secondary N) is 1. The highest BCUT2D eigenvalue weighted by atomic mass is 19.1. The van der Waals surface area contributed by atoms with Gasteiger partial charge < -0.3 is 19.6 Å². The molecule has 1 amide bonds. The van der Waals surface area contributed by atoms with E-state index in [4.69, 9.17) is 4.74 Å². The Balaban J connectivity index is 2.05. The normalized spacial score (nSPS) is 17.9. The summed E-state index contributed by atoms with van der Waals surface area (Å²) >= 11 is 0. The Labute approximate surface area is 187 Å². The third kappa shape index (κ3) is 4.83. The number of halogens is 1. The minimum absolute atomic E-state index is 0.0969. The molecule has 1 N–H and O–H groups in total. The van der Waals surface area contributed by atoms with Crippen LogP contribution in [-0.4, -0.2) is 49.4 Å². The zero-order chi connectivity index (χ0) is 23.3. The molecule has 1 aliphatic rings. The lowest BCUT2D eigenvalue weighted by atomic mass is 9.95. The lowest BCUT2D eigenvalue weighted by Gasteiger charge is -2.28. The average Bonchev–Trinajstić information content (AvgIpc) is 3.05. The number of hydrogen-bond donors (Lipinski definition) is 1. The summed E-state index contributed by atoms with van der Waals surface area (Å²) < 4.78 is 19.0. The van der Waals surface area contributed by atoms with E-state index in [9.17, 15) is 19.1 Å². The molecule has 0 aliphatic carbocycles. The summed E-state index contributed by atoms with van der Waals surface area (Å²) in [5, 5.41) is 13.4. The highest BCUT2D eigenvalue weighted by molar-refractivity contribution is 6.46. The van der Waals surface area contributed by atoms with Crippen molar-refractivity contribution >= 4 is 17.4 Å². The molecule has 32 heavy (non-hydrogen) atoms. The van der Waals surface area contributed by atoms with Crippen LogP contribution in [0.1, 0.15) is 37.9 Å². The maximum Gasteiger partial charge on any atom is 0.295 e. The number of likely N-dealkylation sites (tertiary alicyclic amines) is 1. The third-order valence-electron chi connectivity index (χ3n) is 5.85. The van der Waals surface area contributed by atoms with Gasteiger partial charge in [-0.05, 0) is 56.2 Å². The highest BCUT2D eigenvalue weighted by Crippen LogP contribution is 2.38. The second kappa shape index (κ2) is 10.4. The van der Waals surface area contributed by atoms with E-state index in [1.165, 1.54) is 34.1 Å². The summed E-state index contributed by atoms with van der Waals surface area (Å²) in [6.07, 6.45) is 0. The molecular weight excluding hydrogens is 411 g/mol.